The third-order valence-corrected chi connectivity index (χ3v) is 9.21. The first kappa shape index (κ1) is 31.2. The number of rotatable bonds is 11. The van der Waals surface area contributed by atoms with Crippen LogP contribution in [0.15, 0.2) is 97.1 Å². The highest BCUT2D eigenvalue weighted by molar-refractivity contribution is 7.22. The van der Waals surface area contributed by atoms with Crippen molar-refractivity contribution in [3.8, 4) is 21.9 Å². The van der Waals surface area contributed by atoms with E-state index in [4.69, 9.17) is 14.2 Å². The molecule has 0 bridgehead atoms. The lowest BCUT2D eigenvalue weighted by atomic mass is 9.97. The molecular weight excluding hydrogens is 598 g/mol. The minimum absolute atomic E-state index is 0.135. The van der Waals surface area contributed by atoms with Crippen molar-refractivity contribution in [2.24, 2.45) is 0 Å². The number of esters is 2. The standard InChI is InChI=1S/C38H35NO6S/c1-2-43-37(41)29-15-20-32-33(25-29)46-36(27-13-18-31(19-14-27)45-38(42)28-9-5-3-6-10-28)34(32)35(40)26-11-16-30(17-12-26)44-24-23-39-21-7-4-8-22-39/h3,5-6,9-20,25H,2,4,7-8,21-24H2,1H3. The summed E-state index contributed by atoms with van der Waals surface area (Å²) >= 11 is 1.43. The number of carbonyl (C=O) groups excluding carboxylic acids is 3. The monoisotopic (exact) mass is 633 g/mol. The number of carbonyl (C=O) groups is 3. The van der Waals surface area contributed by atoms with E-state index < -0.39 is 11.9 Å². The second kappa shape index (κ2) is 14.5. The zero-order valence-corrected chi connectivity index (χ0v) is 26.5. The molecule has 0 spiro atoms. The molecule has 0 unspecified atom stereocenters. The Labute approximate surface area is 272 Å². The van der Waals surface area contributed by atoms with Crippen LogP contribution in [0.25, 0.3) is 20.5 Å². The van der Waals surface area contributed by atoms with Gasteiger partial charge in [-0.25, -0.2) is 9.59 Å². The molecule has 1 aromatic heterocycles. The van der Waals surface area contributed by atoms with Crippen LogP contribution < -0.4 is 9.47 Å². The molecule has 5 aromatic rings. The molecular formula is C38H35NO6S. The van der Waals surface area contributed by atoms with Crippen molar-refractivity contribution < 1.29 is 28.6 Å². The number of likely N-dealkylation sites (tertiary alicyclic amines) is 1. The fourth-order valence-electron chi connectivity index (χ4n) is 5.60. The second-order valence-corrected chi connectivity index (χ2v) is 12.2. The van der Waals surface area contributed by atoms with Crippen LogP contribution in [0.2, 0.25) is 0 Å². The Kier molecular flexibility index (Phi) is 9.86. The highest BCUT2D eigenvalue weighted by Crippen LogP contribution is 2.41. The molecule has 0 amide bonds. The second-order valence-electron chi connectivity index (χ2n) is 11.1. The predicted molar refractivity (Wildman–Crippen MR) is 180 cm³/mol. The number of benzene rings is 4. The third kappa shape index (κ3) is 7.19. The van der Waals surface area contributed by atoms with E-state index in [1.165, 1.54) is 30.6 Å². The van der Waals surface area contributed by atoms with Gasteiger partial charge in [0, 0.05) is 32.6 Å². The van der Waals surface area contributed by atoms with Crippen molar-refractivity contribution in [2.45, 2.75) is 26.2 Å². The molecule has 0 aliphatic carbocycles. The van der Waals surface area contributed by atoms with Crippen molar-refractivity contribution in [3.63, 3.8) is 0 Å². The van der Waals surface area contributed by atoms with Gasteiger partial charge in [-0.15, -0.1) is 11.3 Å². The van der Waals surface area contributed by atoms with Gasteiger partial charge in [0.25, 0.3) is 0 Å². The molecule has 0 N–H and O–H groups in total. The molecule has 8 heteroatoms. The minimum Gasteiger partial charge on any atom is -0.492 e. The van der Waals surface area contributed by atoms with Crippen LogP contribution in [0.1, 0.15) is 62.8 Å². The first-order valence-corrected chi connectivity index (χ1v) is 16.4. The lowest BCUT2D eigenvalue weighted by Gasteiger charge is -2.26. The normalized spacial score (nSPS) is 13.3. The Morgan fingerprint density at radius 1 is 0.739 bits per heavy atom. The molecule has 234 valence electrons. The van der Waals surface area contributed by atoms with Gasteiger partial charge < -0.3 is 14.2 Å². The smallest absolute Gasteiger partial charge is 0.343 e. The summed E-state index contributed by atoms with van der Waals surface area (Å²) in [4.78, 5) is 42.4. The van der Waals surface area contributed by atoms with E-state index in [0.717, 1.165) is 45.9 Å². The van der Waals surface area contributed by atoms with Crippen LogP contribution in [-0.4, -0.2) is 55.5 Å². The minimum atomic E-state index is -0.448. The highest BCUT2D eigenvalue weighted by Gasteiger charge is 2.23. The number of ketones is 1. The molecule has 6 rings (SSSR count). The van der Waals surface area contributed by atoms with E-state index >= 15 is 0 Å². The summed E-state index contributed by atoms with van der Waals surface area (Å²) in [6.07, 6.45) is 3.79. The maximum Gasteiger partial charge on any atom is 0.343 e. The Hall–Kier alpha value is -4.79. The summed E-state index contributed by atoms with van der Waals surface area (Å²) in [5.41, 5.74) is 2.75. The van der Waals surface area contributed by atoms with Gasteiger partial charge in [0.15, 0.2) is 5.78 Å². The summed E-state index contributed by atoms with van der Waals surface area (Å²) in [7, 11) is 0. The predicted octanol–water partition coefficient (Wildman–Crippen LogP) is 8.06. The summed E-state index contributed by atoms with van der Waals surface area (Å²) in [5.74, 6) is 0.129. The van der Waals surface area contributed by atoms with Gasteiger partial charge in [-0.2, -0.15) is 0 Å². The zero-order valence-electron chi connectivity index (χ0n) is 25.7. The number of nitrogens with zero attached hydrogens (tertiary/aromatic N) is 1. The Morgan fingerprint density at radius 3 is 2.15 bits per heavy atom. The van der Waals surface area contributed by atoms with Gasteiger partial charge in [0.2, 0.25) is 0 Å². The van der Waals surface area contributed by atoms with Gasteiger partial charge in [-0.05, 0) is 111 Å². The maximum atomic E-state index is 14.1. The van der Waals surface area contributed by atoms with Crippen LogP contribution in [0.5, 0.6) is 11.5 Å². The average Bonchev–Trinajstić information content (AvgIpc) is 3.48. The van der Waals surface area contributed by atoms with Crippen molar-refractivity contribution in [1.29, 1.82) is 0 Å². The largest absolute Gasteiger partial charge is 0.492 e. The fraction of sp³-hybridized carbons (Fsp3) is 0.237. The van der Waals surface area contributed by atoms with E-state index in [0.29, 0.717) is 34.6 Å². The summed E-state index contributed by atoms with van der Waals surface area (Å²) in [5, 5.41) is 0.750. The molecule has 46 heavy (non-hydrogen) atoms. The van der Waals surface area contributed by atoms with E-state index in [-0.39, 0.29) is 12.4 Å². The van der Waals surface area contributed by atoms with E-state index in [2.05, 4.69) is 4.90 Å². The molecule has 4 aromatic carbocycles. The molecule has 1 aliphatic heterocycles. The molecule has 2 heterocycles. The van der Waals surface area contributed by atoms with E-state index in [9.17, 15) is 14.4 Å². The Bertz CT molecular complexity index is 1820. The van der Waals surface area contributed by atoms with Gasteiger partial charge in [-0.1, -0.05) is 30.7 Å². The van der Waals surface area contributed by atoms with Gasteiger partial charge in [0.05, 0.1) is 17.7 Å². The lowest BCUT2D eigenvalue weighted by molar-refractivity contribution is 0.0526. The summed E-state index contributed by atoms with van der Waals surface area (Å²) in [6, 6.07) is 28.4. The highest BCUT2D eigenvalue weighted by atomic mass is 32.1. The quantitative estimate of drug-likeness (QED) is 0.0827. The molecule has 1 saturated heterocycles. The first-order chi connectivity index (χ1) is 22.5. The van der Waals surface area contributed by atoms with Crippen LogP contribution in [0, 0.1) is 0 Å². The summed E-state index contributed by atoms with van der Waals surface area (Å²) < 4.78 is 17.6. The molecule has 0 atom stereocenters. The van der Waals surface area contributed by atoms with Crippen LogP contribution in [-0.2, 0) is 4.74 Å². The van der Waals surface area contributed by atoms with Crippen LogP contribution >= 0.6 is 11.3 Å². The fourth-order valence-corrected chi connectivity index (χ4v) is 6.85. The number of ether oxygens (including phenoxy) is 3. The first-order valence-electron chi connectivity index (χ1n) is 15.6. The number of thiophene rings is 1. The van der Waals surface area contributed by atoms with Crippen LogP contribution in [0.4, 0.5) is 0 Å². The molecule has 1 aliphatic rings. The van der Waals surface area contributed by atoms with Gasteiger partial charge in [-0.3, -0.25) is 9.69 Å². The van der Waals surface area contributed by atoms with Gasteiger partial charge in [0.1, 0.15) is 18.1 Å². The molecule has 7 nitrogen and oxygen atoms in total. The van der Waals surface area contributed by atoms with Crippen molar-refractivity contribution in [1.82, 2.24) is 4.90 Å². The van der Waals surface area contributed by atoms with E-state index in [1.54, 1.807) is 67.6 Å². The Morgan fingerprint density at radius 2 is 1.43 bits per heavy atom. The maximum absolute atomic E-state index is 14.1. The topological polar surface area (TPSA) is 82.1 Å². The van der Waals surface area contributed by atoms with Crippen molar-refractivity contribution in [2.75, 3.05) is 32.8 Å². The number of hydrogen-bond donors (Lipinski definition) is 0. The van der Waals surface area contributed by atoms with Crippen LogP contribution in [0.3, 0.4) is 0 Å². The number of piperidine rings is 1. The molecule has 1 fully saturated rings. The van der Waals surface area contributed by atoms with Crippen molar-refractivity contribution in [3.05, 3.63) is 119 Å². The van der Waals surface area contributed by atoms with Crippen molar-refractivity contribution >= 4 is 39.1 Å². The Balaban J connectivity index is 1.27. The lowest BCUT2D eigenvalue weighted by Crippen LogP contribution is -2.33. The van der Waals surface area contributed by atoms with Gasteiger partial charge >= 0.3 is 11.9 Å². The molecule has 0 saturated carbocycles. The summed E-state index contributed by atoms with van der Waals surface area (Å²) in [6.45, 7) is 5.78. The molecule has 0 radical (unpaired) electrons. The average molecular weight is 634 g/mol. The number of hydrogen-bond acceptors (Lipinski definition) is 8. The van der Waals surface area contributed by atoms with E-state index in [1.807, 2.05) is 36.4 Å². The third-order valence-electron chi connectivity index (χ3n) is 8.01. The zero-order chi connectivity index (χ0) is 31.9. The number of fused-ring (bicyclic) bond motifs is 1. The SMILES string of the molecule is CCOC(=O)c1ccc2c(C(=O)c3ccc(OCCN4CCCCC4)cc3)c(-c3ccc(OC(=O)c4ccccc4)cc3)sc2c1.